The minimum Gasteiger partial charge on any atom is -0.280 e. The van der Waals surface area contributed by atoms with Crippen LogP contribution in [-0.4, -0.2) is 19.5 Å². The molecule has 1 aliphatic rings. The molecule has 2 heterocycles. The van der Waals surface area contributed by atoms with Crippen molar-refractivity contribution in [1.82, 2.24) is 19.5 Å². The van der Waals surface area contributed by atoms with E-state index in [0.717, 1.165) is 22.7 Å². The van der Waals surface area contributed by atoms with E-state index >= 15 is 0 Å². The van der Waals surface area contributed by atoms with Gasteiger partial charge in [0, 0.05) is 12.1 Å². The first kappa shape index (κ1) is 9.76. The summed E-state index contributed by atoms with van der Waals surface area (Å²) < 4.78 is 2.16. The molecule has 0 bridgehead atoms. The Morgan fingerprint density at radius 1 is 1.11 bits per heavy atom. The average molecular weight is 236 g/mol. The SMILES string of the molecule is c1ccc2c(c1)nc(C1CC1)n2-c1ccncn1. The van der Waals surface area contributed by atoms with E-state index in [1.165, 1.54) is 12.8 Å². The fraction of sp³-hybridized carbons (Fsp3) is 0.214. The van der Waals surface area contributed by atoms with Crippen LogP contribution in [0.2, 0.25) is 0 Å². The molecule has 0 atom stereocenters. The molecule has 1 aliphatic carbocycles. The van der Waals surface area contributed by atoms with Crippen LogP contribution in [0.5, 0.6) is 0 Å². The number of fused-ring (bicyclic) bond motifs is 1. The molecule has 0 unspecified atom stereocenters. The Kier molecular flexibility index (Phi) is 1.97. The highest BCUT2D eigenvalue weighted by Gasteiger charge is 2.30. The van der Waals surface area contributed by atoms with Crippen LogP contribution in [0.3, 0.4) is 0 Å². The Bertz CT molecular complexity index is 698. The van der Waals surface area contributed by atoms with Crippen molar-refractivity contribution in [2.75, 3.05) is 0 Å². The van der Waals surface area contributed by atoms with Crippen molar-refractivity contribution in [3.8, 4) is 5.82 Å². The van der Waals surface area contributed by atoms with Gasteiger partial charge in [-0.2, -0.15) is 0 Å². The van der Waals surface area contributed by atoms with Crippen molar-refractivity contribution in [3.63, 3.8) is 0 Å². The molecule has 18 heavy (non-hydrogen) atoms. The molecule has 1 aromatic carbocycles. The van der Waals surface area contributed by atoms with Crippen LogP contribution in [-0.2, 0) is 0 Å². The van der Waals surface area contributed by atoms with Crippen LogP contribution in [0.15, 0.2) is 42.9 Å². The second-order valence-corrected chi connectivity index (χ2v) is 4.64. The van der Waals surface area contributed by atoms with Crippen molar-refractivity contribution in [2.24, 2.45) is 0 Å². The minimum atomic E-state index is 0.590. The number of hydrogen-bond acceptors (Lipinski definition) is 3. The second kappa shape index (κ2) is 3.63. The fourth-order valence-corrected chi connectivity index (χ4v) is 2.32. The summed E-state index contributed by atoms with van der Waals surface area (Å²) in [6.07, 6.45) is 5.82. The largest absolute Gasteiger partial charge is 0.280 e. The normalized spacial score (nSPS) is 15.1. The van der Waals surface area contributed by atoms with Crippen molar-refractivity contribution < 1.29 is 0 Å². The van der Waals surface area contributed by atoms with Gasteiger partial charge in [0.25, 0.3) is 0 Å². The Balaban J connectivity index is 2.04. The third-order valence-corrected chi connectivity index (χ3v) is 3.32. The summed E-state index contributed by atoms with van der Waals surface area (Å²) in [6, 6.07) is 10.1. The second-order valence-electron chi connectivity index (χ2n) is 4.64. The van der Waals surface area contributed by atoms with Gasteiger partial charge >= 0.3 is 0 Å². The summed E-state index contributed by atoms with van der Waals surface area (Å²) in [5, 5.41) is 0. The molecule has 1 saturated carbocycles. The molecule has 0 radical (unpaired) electrons. The highest BCUT2D eigenvalue weighted by Crippen LogP contribution is 2.41. The summed E-state index contributed by atoms with van der Waals surface area (Å²) in [5.41, 5.74) is 2.16. The van der Waals surface area contributed by atoms with E-state index in [-0.39, 0.29) is 0 Å². The number of nitrogens with zero attached hydrogens (tertiary/aromatic N) is 4. The lowest BCUT2D eigenvalue weighted by atomic mass is 10.3. The van der Waals surface area contributed by atoms with E-state index in [0.29, 0.717) is 5.92 Å². The lowest BCUT2D eigenvalue weighted by molar-refractivity contribution is 0.868. The molecule has 0 aliphatic heterocycles. The third-order valence-electron chi connectivity index (χ3n) is 3.32. The number of benzene rings is 1. The summed E-state index contributed by atoms with van der Waals surface area (Å²) in [5.74, 6) is 2.63. The van der Waals surface area contributed by atoms with Gasteiger partial charge in [-0.25, -0.2) is 15.0 Å². The van der Waals surface area contributed by atoms with E-state index in [2.05, 4.69) is 26.7 Å². The van der Waals surface area contributed by atoms with Crippen molar-refractivity contribution in [1.29, 1.82) is 0 Å². The monoisotopic (exact) mass is 236 g/mol. The van der Waals surface area contributed by atoms with Crippen LogP contribution < -0.4 is 0 Å². The number of aromatic nitrogens is 4. The molecule has 0 spiro atoms. The van der Waals surface area contributed by atoms with Gasteiger partial charge in [0.2, 0.25) is 0 Å². The molecule has 0 amide bonds. The zero-order valence-corrected chi connectivity index (χ0v) is 9.82. The number of imidazole rings is 1. The molecule has 1 fully saturated rings. The van der Waals surface area contributed by atoms with Gasteiger partial charge in [-0.05, 0) is 31.0 Å². The summed E-state index contributed by atoms with van der Waals surface area (Å²) >= 11 is 0. The summed E-state index contributed by atoms with van der Waals surface area (Å²) in [4.78, 5) is 13.1. The molecule has 0 N–H and O–H groups in total. The predicted molar refractivity (Wildman–Crippen MR) is 68.6 cm³/mol. The van der Waals surface area contributed by atoms with Crippen LogP contribution in [0.1, 0.15) is 24.6 Å². The minimum absolute atomic E-state index is 0.590. The maximum atomic E-state index is 4.75. The number of rotatable bonds is 2. The average Bonchev–Trinajstić information content (AvgIpc) is 3.20. The molecule has 4 heteroatoms. The highest BCUT2D eigenvalue weighted by molar-refractivity contribution is 5.78. The molecule has 4 nitrogen and oxygen atoms in total. The van der Waals surface area contributed by atoms with Crippen molar-refractivity contribution in [2.45, 2.75) is 18.8 Å². The summed E-state index contributed by atoms with van der Waals surface area (Å²) in [6.45, 7) is 0. The molecular formula is C14H12N4. The van der Waals surface area contributed by atoms with Gasteiger partial charge in [0.05, 0.1) is 11.0 Å². The first-order valence-electron chi connectivity index (χ1n) is 6.17. The molecule has 3 aromatic rings. The zero-order valence-electron chi connectivity index (χ0n) is 9.82. The van der Waals surface area contributed by atoms with Crippen LogP contribution in [0.4, 0.5) is 0 Å². The maximum absolute atomic E-state index is 4.75. The lowest BCUT2D eigenvalue weighted by Crippen LogP contribution is -2.02. The quantitative estimate of drug-likeness (QED) is 0.687. The van der Waals surface area contributed by atoms with E-state index in [4.69, 9.17) is 4.98 Å². The molecule has 0 saturated heterocycles. The fourth-order valence-electron chi connectivity index (χ4n) is 2.32. The first-order valence-corrected chi connectivity index (χ1v) is 6.17. The van der Waals surface area contributed by atoms with Crippen LogP contribution >= 0.6 is 0 Å². The standard InChI is InChI=1S/C14H12N4/c1-2-4-12-11(3-1)17-14(10-5-6-10)18(12)13-7-8-15-9-16-13/h1-4,7-10H,5-6H2. The molecule has 2 aromatic heterocycles. The zero-order chi connectivity index (χ0) is 11.9. The molecular weight excluding hydrogens is 224 g/mol. The van der Waals surface area contributed by atoms with E-state index in [1.54, 1.807) is 12.5 Å². The number of hydrogen-bond donors (Lipinski definition) is 0. The maximum Gasteiger partial charge on any atom is 0.141 e. The van der Waals surface area contributed by atoms with Crippen LogP contribution in [0.25, 0.3) is 16.9 Å². The smallest absolute Gasteiger partial charge is 0.141 e. The Morgan fingerprint density at radius 2 is 2.00 bits per heavy atom. The topological polar surface area (TPSA) is 43.6 Å². The summed E-state index contributed by atoms with van der Waals surface area (Å²) in [7, 11) is 0. The Labute approximate surface area is 104 Å². The van der Waals surface area contributed by atoms with Gasteiger partial charge in [0.1, 0.15) is 18.0 Å². The van der Waals surface area contributed by atoms with E-state index in [9.17, 15) is 0 Å². The van der Waals surface area contributed by atoms with Crippen molar-refractivity contribution in [3.05, 3.63) is 48.7 Å². The lowest BCUT2D eigenvalue weighted by Gasteiger charge is -2.06. The Morgan fingerprint density at radius 3 is 2.78 bits per heavy atom. The van der Waals surface area contributed by atoms with Gasteiger partial charge in [-0.15, -0.1) is 0 Å². The Hall–Kier alpha value is -2.23. The van der Waals surface area contributed by atoms with E-state index in [1.807, 2.05) is 18.2 Å². The van der Waals surface area contributed by atoms with Gasteiger partial charge < -0.3 is 0 Å². The number of para-hydroxylation sites is 2. The van der Waals surface area contributed by atoms with Gasteiger partial charge in [0.15, 0.2) is 0 Å². The predicted octanol–water partition coefficient (Wildman–Crippen LogP) is 2.69. The van der Waals surface area contributed by atoms with Crippen molar-refractivity contribution >= 4 is 11.0 Å². The van der Waals surface area contributed by atoms with Crippen LogP contribution in [0, 0.1) is 0 Å². The third kappa shape index (κ3) is 1.42. The highest BCUT2D eigenvalue weighted by atomic mass is 15.2. The van der Waals surface area contributed by atoms with E-state index < -0.39 is 0 Å². The molecule has 4 rings (SSSR count). The van der Waals surface area contributed by atoms with Gasteiger partial charge in [-0.3, -0.25) is 4.57 Å². The first-order chi connectivity index (χ1) is 8.93. The van der Waals surface area contributed by atoms with Gasteiger partial charge in [-0.1, -0.05) is 12.1 Å². The molecule has 88 valence electrons.